The number of thioether (sulfide) groups is 1. The van der Waals surface area contributed by atoms with E-state index in [1.165, 1.54) is 28.7 Å². The van der Waals surface area contributed by atoms with Crippen LogP contribution in [0.3, 0.4) is 0 Å². The number of rotatable bonds is 8. The molecule has 6 nitrogen and oxygen atoms in total. The van der Waals surface area contributed by atoms with Crippen molar-refractivity contribution in [2.75, 3.05) is 24.2 Å². The number of aromatic nitrogens is 2. The molecule has 1 aliphatic heterocycles. The Balaban J connectivity index is 1.38. The lowest BCUT2D eigenvalue weighted by Gasteiger charge is -2.16. The van der Waals surface area contributed by atoms with Crippen LogP contribution < -0.4 is 10.6 Å². The number of nitrogens with one attached hydrogen (secondary N) is 2. The molecule has 3 rings (SSSR count). The average Bonchev–Trinajstić information content (AvgIpc) is 3.23. The summed E-state index contributed by atoms with van der Waals surface area (Å²) in [5, 5.41) is 15.4. The van der Waals surface area contributed by atoms with Gasteiger partial charge in [0, 0.05) is 31.7 Å². The van der Waals surface area contributed by atoms with Gasteiger partial charge in [0.15, 0.2) is 4.34 Å². The number of hydrogen-bond acceptors (Lipinski definition) is 7. The van der Waals surface area contributed by atoms with Crippen molar-refractivity contribution >= 4 is 34.1 Å². The molecule has 1 fully saturated rings. The van der Waals surface area contributed by atoms with Crippen molar-refractivity contribution in [3.8, 4) is 0 Å². The van der Waals surface area contributed by atoms with E-state index in [9.17, 15) is 4.79 Å². The summed E-state index contributed by atoms with van der Waals surface area (Å²) in [5.41, 5.74) is 1.32. The maximum Gasteiger partial charge on any atom is 0.230 e. The van der Waals surface area contributed by atoms with E-state index < -0.39 is 0 Å². The van der Waals surface area contributed by atoms with Gasteiger partial charge in [-0.25, -0.2) is 0 Å². The van der Waals surface area contributed by atoms with E-state index in [1.807, 2.05) is 6.07 Å². The average molecular weight is 392 g/mol. The van der Waals surface area contributed by atoms with Crippen molar-refractivity contribution in [1.29, 1.82) is 0 Å². The molecule has 1 aromatic heterocycles. The first-order chi connectivity index (χ1) is 12.6. The number of carbonyl (C=O) groups excluding carboxylic acids is 1. The Morgan fingerprint density at radius 2 is 2.15 bits per heavy atom. The summed E-state index contributed by atoms with van der Waals surface area (Å²) in [6.07, 6.45) is 1.00. The topological polar surface area (TPSA) is 70.1 Å². The Labute approximate surface area is 162 Å². The molecule has 26 heavy (non-hydrogen) atoms. The molecule has 0 saturated carbocycles. The van der Waals surface area contributed by atoms with Crippen LogP contribution in [0.2, 0.25) is 0 Å². The number of carbonyl (C=O) groups is 1. The van der Waals surface area contributed by atoms with Crippen molar-refractivity contribution in [1.82, 2.24) is 20.4 Å². The van der Waals surface area contributed by atoms with Gasteiger partial charge in [-0.05, 0) is 25.8 Å². The van der Waals surface area contributed by atoms with Crippen LogP contribution in [0.25, 0.3) is 0 Å². The monoisotopic (exact) mass is 391 g/mol. The Bertz CT molecular complexity index is 707. The van der Waals surface area contributed by atoms with Crippen LogP contribution in [0.15, 0.2) is 34.7 Å². The molecule has 0 bridgehead atoms. The van der Waals surface area contributed by atoms with Crippen LogP contribution in [-0.2, 0) is 11.3 Å². The number of hydrogen-bond donors (Lipinski definition) is 2. The van der Waals surface area contributed by atoms with Crippen LogP contribution in [0.4, 0.5) is 5.13 Å². The molecule has 140 valence electrons. The Hall–Kier alpha value is -1.64. The van der Waals surface area contributed by atoms with E-state index >= 15 is 0 Å². The molecule has 8 heteroatoms. The zero-order valence-electron chi connectivity index (χ0n) is 15.1. The Kier molecular flexibility index (Phi) is 6.87. The SMILES string of the molecule is CC(C)Nc1nnc(SCC(=O)NC2CCN(Cc3ccccc3)C2)s1. The van der Waals surface area contributed by atoms with Crippen LogP contribution in [-0.4, -0.2) is 51.9 Å². The minimum absolute atomic E-state index is 0.0649. The van der Waals surface area contributed by atoms with Gasteiger partial charge in [-0.15, -0.1) is 10.2 Å². The van der Waals surface area contributed by atoms with Gasteiger partial charge in [0.05, 0.1) is 5.75 Å². The summed E-state index contributed by atoms with van der Waals surface area (Å²) in [7, 11) is 0. The van der Waals surface area contributed by atoms with E-state index in [-0.39, 0.29) is 11.9 Å². The van der Waals surface area contributed by atoms with E-state index in [2.05, 4.69) is 63.8 Å². The first-order valence-corrected chi connectivity index (χ1v) is 10.7. The third kappa shape index (κ3) is 5.96. The maximum absolute atomic E-state index is 12.2. The highest BCUT2D eigenvalue weighted by molar-refractivity contribution is 8.01. The number of benzene rings is 1. The van der Waals surface area contributed by atoms with E-state index in [0.29, 0.717) is 11.8 Å². The first kappa shape index (κ1) is 19.1. The molecule has 1 saturated heterocycles. The number of anilines is 1. The van der Waals surface area contributed by atoms with Gasteiger partial charge < -0.3 is 10.6 Å². The van der Waals surface area contributed by atoms with Crippen molar-refractivity contribution < 1.29 is 4.79 Å². The van der Waals surface area contributed by atoms with Crippen LogP contribution >= 0.6 is 23.1 Å². The van der Waals surface area contributed by atoms with Gasteiger partial charge in [0.2, 0.25) is 11.0 Å². The molecule has 1 unspecified atom stereocenters. The molecule has 1 amide bonds. The summed E-state index contributed by atoms with van der Waals surface area (Å²) < 4.78 is 0.820. The van der Waals surface area contributed by atoms with Gasteiger partial charge in [0.1, 0.15) is 0 Å². The summed E-state index contributed by atoms with van der Waals surface area (Å²) in [6.45, 7) is 6.99. The highest BCUT2D eigenvalue weighted by Crippen LogP contribution is 2.25. The summed E-state index contributed by atoms with van der Waals surface area (Å²) >= 11 is 2.93. The second kappa shape index (κ2) is 9.34. The zero-order chi connectivity index (χ0) is 18.4. The molecule has 0 radical (unpaired) electrons. The first-order valence-electron chi connectivity index (χ1n) is 8.87. The predicted octanol–water partition coefficient (Wildman–Crippen LogP) is 2.84. The van der Waals surface area contributed by atoms with Crippen molar-refractivity contribution in [3.05, 3.63) is 35.9 Å². The summed E-state index contributed by atoms with van der Waals surface area (Å²) in [5.74, 6) is 0.445. The molecular weight excluding hydrogens is 366 g/mol. The molecule has 0 spiro atoms. The van der Waals surface area contributed by atoms with Crippen molar-refractivity contribution in [2.24, 2.45) is 0 Å². The molecular formula is C18H25N5OS2. The van der Waals surface area contributed by atoms with E-state index in [4.69, 9.17) is 0 Å². The smallest absolute Gasteiger partial charge is 0.230 e. The summed E-state index contributed by atoms with van der Waals surface area (Å²) in [6, 6.07) is 11.0. The van der Waals surface area contributed by atoms with Crippen LogP contribution in [0.5, 0.6) is 0 Å². The second-order valence-corrected chi connectivity index (χ2v) is 8.93. The number of amides is 1. The van der Waals surface area contributed by atoms with Crippen LogP contribution in [0, 0.1) is 0 Å². The fourth-order valence-electron chi connectivity index (χ4n) is 2.91. The highest BCUT2D eigenvalue weighted by atomic mass is 32.2. The van der Waals surface area contributed by atoms with Gasteiger partial charge in [-0.2, -0.15) is 0 Å². The minimum Gasteiger partial charge on any atom is -0.358 e. The summed E-state index contributed by atoms with van der Waals surface area (Å²) in [4.78, 5) is 14.6. The van der Waals surface area contributed by atoms with Crippen molar-refractivity contribution in [2.45, 2.75) is 43.2 Å². The molecule has 2 aromatic rings. The lowest BCUT2D eigenvalue weighted by atomic mass is 10.2. The van der Waals surface area contributed by atoms with Gasteiger partial charge >= 0.3 is 0 Å². The van der Waals surface area contributed by atoms with E-state index in [0.717, 1.165) is 35.5 Å². The van der Waals surface area contributed by atoms with Gasteiger partial charge in [0.25, 0.3) is 0 Å². The molecule has 0 aliphatic carbocycles. The van der Waals surface area contributed by atoms with Gasteiger partial charge in [-0.3, -0.25) is 9.69 Å². The van der Waals surface area contributed by atoms with Crippen molar-refractivity contribution in [3.63, 3.8) is 0 Å². The zero-order valence-corrected chi connectivity index (χ0v) is 16.8. The van der Waals surface area contributed by atoms with E-state index in [1.54, 1.807) is 0 Å². The van der Waals surface area contributed by atoms with Gasteiger partial charge in [-0.1, -0.05) is 53.4 Å². The quantitative estimate of drug-likeness (QED) is 0.675. The Morgan fingerprint density at radius 3 is 2.92 bits per heavy atom. The molecule has 2 N–H and O–H groups in total. The molecule has 2 heterocycles. The normalized spacial score (nSPS) is 17.6. The lowest BCUT2D eigenvalue weighted by molar-refractivity contribution is -0.119. The second-order valence-electron chi connectivity index (χ2n) is 6.73. The highest BCUT2D eigenvalue weighted by Gasteiger charge is 2.23. The minimum atomic E-state index is 0.0649. The number of nitrogens with zero attached hydrogens (tertiary/aromatic N) is 3. The Morgan fingerprint density at radius 1 is 1.35 bits per heavy atom. The fraction of sp³-hybridized carbons (Fsp3) is 0.500. The third-order valence-corrected chi connectivity index (χ3v) is 6.02. The fourth-order valence-corrected chi connectivity index (χ4v) is 4.61. The molecule has 1 atom stereocenters. The standard InChI is InChI=1S/C18H25N5OS2/c1-13(2)19-17-21-22-18(26-17)25-12-16(24)20-15-8-9-23(11-15)10-14-6-4-3-5-7-14/h3-7,13,15H,8-12H2,1-2H3,(H,19,21)(H,20,24). The molecule has 1 aliphatic rings. The maximum atomic E-state index is 12.2. The largest absolute Gasteiger partial charge is 0.358 e. The molecule has 1 aromatic carbocycles. The third-order valence-electron chi connectivity index (χ3n) is 4.03. The number of likely N-dealkylation sites (tertiary alicyclic amines) is 1. The predicted molar refractivity (Wildman–Crippen MR) is 108 cm³/mol. The lowest BCUT2D eigenvalue weighted by Crippen LogP contribution is -2.37. The van der Waals surface area contributed by atoms with Crippen LogP contribution in [0.1, 0.15) is 25.8 Å².